The number of halogens is 1. The van der Waals surface area contributed by atoms with Gasteiger partial charge in [0.2, 0.25) is 5.91 Å². The third kappa shape index (κ3) is 5.33. The molecule has 0 aromatic heterocycles. The Hall–Kier alpha value is -2.98. The number of nitrogens with one attached hydrogen (secondary N) is 2. The van der Waals surface area contributed by atoms with E-state index in [1.54, 1.807) is 14.0 Å². The molecule has 0 saturated heterocycles. The molecule has 2 N–H and O–H groups in total. The summed E-state index contributed by atoms with van der Waals surface area (Å²) in [5.41, 5.74) is 5.04. The summed E-state index contributed by atoms with van der Waals surface area (Å²) in [5.74, 6) is -0.146. The third-order valence-corrected chi connectivity index (χ3v) is 5.49. The Morgan fingerprint density at radius 1 is 0.900 bits per heavy atom. The number of carbonyl (C=O) groups excluding carboxylic acids is 1. The predicted molar refractivity (Wildman–Crippen MR) is 120 cm³/mol. The summed E-state index contributed by atoms with van der Waals surface area (Å²) in [7, 11) is 1.65. The monoisotopic (exact) mass is 404 g/mol. The minimum absolute atomic E-state index is 0.0642. The minimum atomic E-state index is -0.412. The summed E-state index contributed by atoms with van der Waals surface area (Å²) in [6, 6.07) is 23.1. The molecule has 0 aliphatic rings. The molecule has 0 aliphatic carbocycles. The second-order valence-electron chi connectivity index (χ2n) is 7.67. The summed E-state index contributed by atoms with van der Waals surface area (Å²) in [6.45, 7) is 4.50. The van der Waals surface area contributed by atoms with Gasteiger partial charge in [0.25, 0.3) is 0 Å². The Bertz CT molecular complexity index is 970. The number of amides is 1. The topological polar surface area (TPSA) is 41.1 Å². The fraction of sp³-hybridized carbons (Fsp3) is 0.269. The minimum Gasteiger partial charge on any atom is -0.358 e. The van der Waals surface area contributed by atoms with Crippen molar-refractivity contribution in [2.75, 3.05) is 13.6 Å². The van der Waals surface area contributed by atoms with Crippen LogP contribution >= 0.6 is 0 Å². The first kappa shape index (κ1) is 21.7. The van der Waals surface area contributed by atoms with Crippen molar-refractivity contribution in [1.29, 1.82) is 0 Å². The molecule has 3 nitrogen and oxygen atoms in total. The Morgan fingerprint density at radius 2 is 1.57 bits per heavy atom. The largest absolute Gasteiger partial charge is 0.358 e. The lowest BCUT2D eigenvalue weighted by Gasteiger charge is -2.22. The first-order valence-corrected chi connectivity index (χ1v) is 10.3. The molecule has 30 heavy (non-hydrogen) atoms. The molecule has 0 spiro atoms. The standard InChI is InChI=1S/C26H29FN2O/c1-18-9-11-20(12-10-18)23(22-13-14-24(27)19(2)17-22)15-16-29-25(26(30)28-3)21-7-5-4-6-8-21/h4-14,17,23,25,29H,15-16H2,1-3H3,(H,28,30)/t23-,25-/m0/s1. The van der Waals surface area contributed by atoms with Crippen LogP contribution in [0.15, 0.2) is 72.8 Å². The summed E-state index contributed by atoms with van der Waals surface area (Å²) in [6.07, 6.45) is 0.786. The molecule has 0 aliphatic heterocycles. The molecular formula is C26H29FN2O. The molecule has 0 bridgehead atoms. The third-order valence-electron chi connectivity index (χ3n) is 5.49. The van der Waals surface area contributed by atoms with E-state index < -0.39 is 6.04 Å². The Morgan fingerprint density at radius 3 is 2.20 bits per heavy atom. The van der Waals surface area contributed by atoms with Gasteiger partial charge in [0.15, 0.2) is 0 Å². The summed E-state index contributed by atoms with van der Waals surface area (Å²) in [4.78, 5) is 12.4. The lowest BCUT2D eigenvalue weighted by molar-refractivity contribution is -0.122. The van der Waals surface area contributed by atoms with E-state index >= 15 is 0 Å². The van der Waals surface area contributed by atoms with Gasteiger partial charge in [-0.1, -0.05) is 72.3 Å². The number of rotatable bonds is 8. The lowest BCUT2D eigenvalue weighted by atomic mass is 9.87. The average Bonchev–Trinajstić information content (AvgIpc) is 2.77. The molecule has 0 unspecified atom stereocenters. The van der Waals surface area contributed by atoms with Gasteiger partial charge in [0.05, 0.1) is 0 Å². The van der Waals surface area contributed by atoms with Crippen LogP contribution in [0, 0.1) is 19.7 Å². The zero-order chi connectivity index (χ0) is 21.5. The van der Waals surface area contributed by atoms with Crippen molar-refractivity contribution in [3.63, 3.8) is 0 Å². The van der Waals surface area contributed by atoms with Crippen LogP contribution in [0.2, 0.25) is 0 Å². The highest BCUT2D eigenvalue weighted by molar-refractivity contribution is 5.82. The van der Waals surface area contributed by atoms with E-state index in [4.69, 9.17) is 0 Å². The smallest absolute Gasteiger partial charge is 0.241 e. The number of likely N-dealkylation sites (N-methyl/N-ethyl adjacent to an activating group) is 1. The highest BCUT2D eigenvalue weighted by atomic mass is 19.1. The van der Waals surface area contributed by atoms with Gasteiger partial charge in [-0.05, 0) is 55.1 Å². The number of aryl methyl sites for hydroxylation is 2. The van der Waals surface area contributed by atoms with Crippen molar-refractivity contribution in [3.05, 3.63) is 106 Å². The van der Waals surface area contributed by atoms with E-state index in [0.717, 1.165) is 17.5 Å². The van der Waals surface area contributed by atoms with Crippen LogP contribution in [-0.4, -0.2) is 19.5 Å². The zero-order valence-corrected chi connectivity index (χ0v) is 17.8. The van der Waals surface area contributed by atoms with Crippen molar-refractivity contribution in [1.82, 2.24) is 10.6 Å². The average molecular weight is 405 g/mol. The fourth-order valence-corrected chi connectivity index (χ4v) is 3.73. The van der Waals surface area contributed by atoms with Crippen molar-refractivity contribution in [2.45, 2.75) is 32.2 Å². The van der Waals surface area contributed by atoms with Crippen molar-refractivity contribution in [3.8, 4) is 0 Å². The summed E-state index contributed by atoms with van der Waals surface area (Å²) >= 11 is 0. The van der Waals surface area contributed by atoms with Crippen molar-refractivity contribution in [2.24, 2.45) is 0 Å². The number of hydrogen-bond donors (Lipinski definition) is 2. The highest BCUT2D eigenvalue weighted by Crippen LogP contribution is 2.29. The summed E-state index contributed by atoms with van der Waals surface area (Å²) < 4.78 is 13.8. The molecular weight excluding hydrogens is 375 g/mol. The molecule has 4 heteroatoms. The van der Waals surface area contributed by atoms with E-state index in [2.05, 4.69) is 41.8 Å². The highest BCUT2D eigenvalue weighted by Gasteiger charge is 2.20. The normalized spacial score (nSPS) is 12.9. The molecule has 3 aromatic rings. The SMILES string of the molecule is CNC(=O)[C@@H](NCC[C@@H](c1ccc(C)cc1)c1ccc(F)c(C)c1)c1ccccc1. The molecule has 0 fully saturated rings. The zero-order valence-electron chi connectivity index (χ0n) is 17.8. The predicted octanol–water partition coefficient (Wildman–Crippen LogP) is 5.04. The van der Waals surface area contributed by atoms with Gasteiger partial charge in [0.1, 0.15) is 11.9 Å². The first-order chi connectivity index (χ1) is 14.5. The maximum Gasteiger partial charge on any atom is 0.241 e. The van der Waals surface area contributed by atoms with E-state index in [1.807, 2.05) is 42.5 Å². The second-order valence-corrected chi connectivity index (χ2v) is 7.67. The Kier molecular flexibility index (Phi) is 7.36. The van der Waals surface area contributed by atoms with E-state index in [9.17, 15) is 9.18 Å². The molecule has 0 heterocycles. The Balaban J connectivity index is 1.81. The van der Waals surface area contributed by atoms with Gasteiger partial charge in [-0.3, -0.25) is 4.79 Å². The van der Waals surface area contributed by atoms with E-state index in [-0.39, 0.29) is 17.6 Å². The number of hydrogen-bond acceptors (Lipinski definition) is 2. The van der Waals surface area contributed by atoms with Gasteiger partial charge in [-0.25, -0.2) is 4.39 Å². The Labute approximate surface area is 178 Å². The van der Waals surface area contributed by atoms with Crippen LogP contribution in [0.5, 0.6) is 0 Å². The molecule has 156 valence electrons. The summed E-state index contributed by atoms with van der Waals surface area (Å²) in [5, 5.41) is 6.15. The van der Waals surface area contributed by atoms with E-state index in [1.165, 1.54) is 17.2 Å². The molecule has 0 radical (unpaired) electrons. The second kappa shape index (κ2) is 10.2. The van der Waals surface area contributed by atoms with Crippen LogP contribution in [-0.2, 0) is 4.79 Å². The fourth-order valence-electron chi connectivity index (χ4n) is 3.73. The van der Waals surface area contributed by atoms with Gasteiger partial charge in [0, 0.05) is 13.0 Å². The maximum absolute atomic E-state index is 13.8. The lowest BCUT2D eigenvalue weighted by Crippen LogP contribution is -2.36. The maximum atomic E-state index is 13.8. The molecule has 1 amide bonds. The van der Waals surface area contributed by atoms with Crippen LogP contribution in [0.3, 0.4) is 0 Å². The van der Waals surface area contributed by atoms with Crippen LogP contribution in [0.25, 0.3) is 0 Å². The van der Waals surface area contributed by atoms with Crippen molar-refractivity contribution >= 4 is 5.91 Å². The van der Waals surface area contributed by atoms with Gasteiger partial charge in [-0.2, -0.15) is 0 Å². The van der Waals surface area contributed by atoms with Gasteiger partial charge in [-0.15, -0.1) is 0 Å². The first-order valence-electron chi connectivity index (χ1n) is 10.3. The molecule has 0 saturated carbocycles. The van der Waals surface area contributed by atoms with Gasteiger partial charge >= 0.3 is 0 Å². The molecule has 2 atom stereocenters. The van der Waals surface area contributed by atoms with Crippen LogP contribution in [0.4, 0.5) is 4.39 Å². The quantitative estimate of drug-likeness (QED) is 0.552. The number of carbonyl (C=O) groups is 1. The van der Waals surface area contributed by atoms with Crippen molar-refractivity contribution < 1.29 is 9.18 Å². The van der Waals surface area contributed by atoms with E-state index in [0.29, 0.717) is 12.1 Å². The number of benzene rings is 3. The molecule has 3 aromatic carbocycles. The molecule has 3 rings (SSSR count). The van der Waals surface area contributed by atoms with Gasteiger partial charge < -0.3 is 10.6 Å². The van der Waals surface area contributed by atoms with Crippen LogP contribution in [0.1, 0.15) is 46.2 Å². The van der Waals surface area contributed by atoms with Crippen LogP contribution < -0.4 is 10.6 Å².